The molecule has 0 aliphatic rings. The van der Waals surface area contributed by atoms with E-state index < -0.39 is 0 Å². The van der Waals surface area contributed by atoms with Crippen LogP contribution in [0.4, 0.5) is 0 Å². The van der Waals surface area contributed by atoms with Crippen molar-refractivity contribution in [2.45, 2.75) is 0 Å². The molecule has 0 aliphatic heterocycles. The van der Waals surface area contributed by atoms with Crippen LogP contribution in [0.25, 0.3) is 45.0 Å². The Morgan fingerprint density at radius 3 is 1.68 bits per heavy atom. The van der Waals surface area contributed by atoms with Gasteiger partial charge in [0.25, 0.3) is 0 Å². The van der Waals surface area contributed by atoms with E-state index in [1.54, 1.807) is 30.7 Å². The molecule has 2 aromatic carbocycles. The second-order valence-electron chi connectivity index (χ2n) is 7.97. The second kappa shape index (κ2) is 13.2. The van der Waals surface area contributed by atoms with Crippen molar-refractivity contribution < 1.29 is 25.2 Å². The fourth-order valence-electron chi connectivity index (χ4n) is 3.70. The Bertz CT molecular complexity index is 1530. The molecule has 4 aromatic heterocycles. The molecule has 187 valence electrons. The average Bonchev–Trinajstić information content (AvgIpc) is 2.99. The van der Waals surface area contributed by atoms with E-state index in [4.69, 9.17) is 0 Å². The third-order valence-corrected chi connectivity index (χ3v) is 5.47. The van der Waals surface area contributed by atoms with Gasteiger partial charge < -0.3 is 5.11 Å². The van der Waals surface area contributed by atoms with Crippen LogP contribution in [-0.2, 0) is 20.1 Å². The Kier molecular flexibility index (Phi) is 9.19. The van der Waals surface area contributed by atoms with Crippen LogP contribution in [-0.4, -0.2) is 25.0 Å². The van der Waals surface area contributed by atoms with Crippen molar-refractivity contribution in [2.24, 2.45) is 0 Å². The summed E-state index contributed by atoms with van der Waals surface area (Å²) in [5.41, 5.74) is 6.89. The number of aromatic nitrogens is 4. The maximum absolute atomic E-state index is 9.77. The van der Waals surface area contributed by atoms with Gasteiger partial charge in [0, 0.05) is 50.1 Å². The minimum atomic E-state index is -0.0100. The van der Waals surface area contributed by atoms with Crippen molar-refractivity contribution in [3.8, 4) is 50.9 Å². The van der Waals surface area contributed by atoms with Crippen LogP contribution in [0.5, 0.6) is 5.88 Å². The summed E-state index contributed by atoms with van der Waals surface area (Å²) in [5, 5.41) is 9.77. The Hall–Kier alpha value is -4.51. The minimum Gasteiger partial charge on any atom is -0.493 e. The van der Waals surface area contributed by atoms with Gasteiger partial charge in [0.1, 0.15) is 0 Å². The van der Waals surface area contributed by atoms with Crippen LogP contribution in [0.3, 0.4) is 0 Å². The molecule has 5 nitrogen and oxygen atoms in total. The molecule has 0 saturated heterocycles. The van der Waals surface area contributed by atoms with E-state index in [0.29, 0.717) is 11.3 Å². The van der Waals surface area contributed by atoms with E-state index in [2.05, 4.69) is 32.1 Å². The van der Waals surface area contributed by atoms with Crippen molar-refractivity contribution in [1.29, 1.82) is 0 Å². The van der Waals surface area contributed by atoms with Crippen LogP contribution in [0.2, 0.25) is 0 Å². The number of hydrogen-bond donors (Lipinski definition) is 1. The Balaban J connectivity index is 0.000000173. The fourth-order valence-corrected chi connectivity index (χ4v) is 3.70. The van der Waals surface area contributed by atoms with Gasteiger partial charge in [-0.2, -0.15) is 0 Å². The largest absolute Gasteiger partial charge is 0.493 e. The third kappa shape index (κ3) is 6.62. The number of aromatic hydroxyl groups is 1. The first-order chi connectivity index (χ1) is 18.3. The Labute approximate surface area is 235 Å². The van der Waals surface area contributed by atoms with E-state index in [9.17, 15) is 5.11 Å². The molecular formula is C32H22IrN4O-2. The molecule has 6 rings (SSSR count). The summed E-state index contributed by atoms with van der Waals surface area (Å²) in [7, 11) is 0. The molecule has 0 bridgehead atoms. The van der Waals surface area contributed by atoms with E-state index >= 15 is 0 Å². The first-order valence-corrected chi connectivity index (χ1v) is 11.7. The standard InChI is InChI=1S/C16H11N2O.C16H11N2.Ir/c19-16-13(8-5-11-17-16)15-10-4-9-14(18-15)12-6-2-1-3-7-12;1-3-10-17-15(8-1)13-6-5-7-14(12-13)16-9-2-4-11-18-16;/h1-6,8-11H,(H,17,19);1-11H;/q2*-1;. The van der Waals surface area contributed by atoms with Gasteiger partial charge in [-0.25, -0.2) is 4.98 Å². The maximum atomic E-state index is 9.77. The van der Waals surface area contributed by atoms with Crippen LogP contribution in [0.15, 0.2) is 128 Å². The van der Waals surface area contributed by atoms with Gasteiger partial charge in [-0.1, -0.05) is 47.5 Å². The molecular weight excluding hydrogens is 649 g/mol. The number of nitrogens with zero attached hydrogens (tertiary/aromatic N) is 4. The van der Waals surface area contributed by atoms with Gasteiger partial charge in [0.05, 0.1) is 11.3 Å². The molecule has 4 heterocycles. The molecule has 6 heteroatoms. The zero-order valence-electron chi connectivity index (χ0n) is 20.2. The molecule has 0 aliphatic carbocycles. The summed E-state index contributed by atoms with van der Waals surface area (Å²) in [4.78, 5) is 17.1. The molecule has 38 heavy (non-hydrogen) atoms. The van der Waals surface area contributed by atoms with Gasteiger partial charge in [-0.05, 0) is 36.0 Å². The van der Waals surface area contributed by atoms with E-state index in [-0.39, 0.29) is 26.0 Å². The quantitative estimate of drug-likeness (QED) is 0.206. The molecule has 1 N–H and O–H groups in total. The first-order valence-electron chi connectivity index (χ1n) is 11.7. The molecule has 0 amide bonds. The number of pyridine rings is 4. The number of benzene rings is 2. The molecule has 6 aromatic rings. The van der Waals surface area contributed by atoms with Crippen LogP contribution >= 0.6 is 0 Å². The molecule has 0 fully saturated rings. The molecule has 0 unspecified atom stereocenters. The molecule has 1 radical (unpaired) electrons. The second-order valence-corrected chi connectivity index (χ2v) is 7.97. The zero-order valence-corrected chi connectivity index (χ0v) is 22.6. The van der Waals surface area contributed by atoms with Crippen molar-refractivity contribution >= 4 is 0 Å². The average molecular weight is 671 g/mol. The summed E-state index contributed by atoms with van der Waals surface area (Å²) in [5.74, 6) is -0.0100. The topological polar surface area (TPSA) is 71.8 Å². The van der Waals surface area contributed by atoms with Gasteiger partial charge >= 0.3 is 0 Å². The zero-order chi connectivity index (χ0) is 25.3. The predicted octanol–water partition coefficient (Wildman–Crippen LogP) is 6.92. The monoisotopic (exact) mass is 671 g/mol. The van der Waals surface area contributed by atoms with Crippen LogP contribution in [0.1, 0.15) is 0 Å². The summed E-state index contributed by atoms with van der Waals surface area (Å²) >= 11 is 0. The Morgan fingerprint density at radius 2 is 1.08 bits per heavy atom. The van der Waals surface area contributed by atoms with Crippen molar-refractivity contribution in [3.63, 3.8) is 0 Å². The Morgan fingerprint density at radius 1 is 0.500 bits per heavy atom. The fraction of sp³-hybridized carbons (Fsp3) is 0. The normalized spacial score (nSPS) is 10.0. The van der Waals surface area contributed by atoms with E-state index in [1.165, 1.54) is 0 Å². The summed E-state index contributed by atoms with van der Waals surface area (Å²) in [6.45, 7) is 0. The van der Waals surface area contributed by atoms with Crippen molar-refractivity contribution in [2.75, 3.05) is 0 Å². The van der Waals surface area contributed by atoms with Gasteiger partial charge in [-0.3, -0.25) is 15.0 Å². The third-order valence-electron chi connectivity index (χ3n) is 5.47. The minimum absolute atomic E-state index is 0. The van der Waals surface area contributed by atoms with E-state index in [0.717, 1.165) is 33.8 Å². The number of rotatable bonds is 4. The maximum Gasteiger partial charge on any atom is 0.220 e. The van der Waals surface area contributed by atoms with Crippen LogP contribution in [0, 0.1) is 12.1 Å². The molecule has 0 spiro atoms. The SMILES string of the molecule is Oc1ncccc1-c1cccc(-c2[c-]cccc2)n1.[Ir].[c-]1c(-c2ccccn2)cccc1-c1ccccn1. The summed E-state index contributed by atoms with van der Waals surface area (Å²) < 4.78 is 0. The van der Waals surface area contributed by atoms with Gasteiger partial charge in [0.15, 0.2) is 0 Å². The van der Waals surface area contributed by atoms with Gasteiger partial charge in [0.2, 0.25) is 5.88 Å². The van der Waals surface area contributed by atoms with Crippen LogP contribution < -0.4 is 0 Å². The molecule has 0 saturated carbocycles. The van der Waals surface area contributed by atoms with Crippen molar-refractivity contribution in [1.82, 2.24) is 19.9 Å². The molecule has 0 atom stereocenters. The number of hydrogen-bond acceptors (Lipinski definition) is 5. The van der Waals surface area contributed by atoms with E-state index in [1.807, 2.05) is 97.1 Å². The summed E-state index contributed by atoms with van der Waals surface area (Å²) in [6, 6.07) is 41.2. The first kappa shape index (κ1) is 26.5. The summed E-state index contributed by atoms with van der Waals surface area (Å²) in [6.07, 6.45) is 5.13. The smallest absolute Gasteiger partial charge is 0.220 e. The predicted molar refractivity (Wildman–Crippen MR) is 145 cm³/mol. The van der Waals surface area contributed by atoms with Gasteiger partial charge in [-0.15, -0.1) is 60.2 Å². The van der Waals surface area contributed by atoms with Crippen molar-refractivity contribution in [3.05, 3.63) is 140 Å².